The summed E-state index contributed by atoms with van der Waals surface area (Å²) >= 11 is 0. The van der Waals surface area contributed by atoms with Crippen molar-refractivity contribution in [3.8, 4) is 11.6 Å². The molecule has 1 saturated carbocycles. The molecule has 0 bridgehead atoms. The fourth-order valence-electron chi connectivity index (χ4n) is 6.26. The van der Waals surface area contributed by atoms with E-state index in [1.807, 2.05) is 6.92 Å². The Balaban J connectivity index is 1.28. The lowest BCUT2D eigenvalue weighted by Gasteiger charge is -2.35. The van der Waals surface area contributed by atoms with E-state index in [4.69, 9.17) is 14.2 Å². The number of esters is 1. The van der Waals surface area contributed by atoms with E-state index >= 15 is 0 Å². The molecular weight excluding hydrogens is 678 g/mol. The maximum absolute atomic E-state index is 13.7. The van der Waals surface area contributed by atoms with Gasteiger partial charge in [0.1, 0.15) is 18.7 Å². The van der Waals surface area contributed by atoms with E-state index in [1.165, 1.54) is 25.4 Å². The van der Waals surface area contributed by atoms with E-state index < -0.39 is 42.6 Å². The van der Waals surface area contributed by atoms with Crippen LogP contribution >= 0.6 is 0 Å². The number of nitrogens with one attached hydrogen (secondary N) is 2. The number of hydrogen-bond acceptors (Lipinski definition) is 10. The summed E-state index contributed by atoms with van der Waals surface area (Å²) < 4.78 is 17.7. The van der Waals surface area contributed by atoms with Gasteiger partial charge in [0.2, 0.25) is 17.7 Å². The number of carboxylic acid groups (broad SMARTS) is 1. The molecule has 0 radical (unpaired) electrons. The molecule has 5 amide bonds. The topological polar surface area (TPSA) is 202 Å². The summed E-state index contributed by atoms with van der Waals surface area (Å²) in [5.41, 5.74) is 0.430. The number of likely N-dealkylation sites (tertiary alicyclic amines) is 1. The van der Waals surface area contributed by atoms with Gasteiger partial charge in [0.25, 0.3) is 11.8 Å². The van der Waals surface area contributed by atoms with Crippen LogP contribution in [-0.2, 0) is 28.7 Å². The van der Waals surface area contributed by atoms with Crippen molar-refractivity contribution in [2.24, 2.45) is 0 Å². The molecule has 0 spiro atoms. The normalized spacial score (nSPS) is 17.9. The Kier molecular flexibility index (Phi) is 13.4. The summed E-state index contributed by atoms with van der Waals surface area (Å²) in [5.74, 6) is -2.23. The largest absolute Gasteiger partial charge is 0.467 e. The lowest BCUT2D eigenvalue weighted by Crippen LogP contribution is -2.55. The first-order chi connectivity index (χ1) is 25.1. The van der Waals surface area contributed by atoms with Crippen molar-refractivity contribution in [1.29, 1.82) is 0 Å². The quantitative estimate of drug-likeness (QED) is 0.166. The molecule has 3 heterocycles. The van der Waals surface area contributed by atoms with E-state index in [-0.39, 0.29) is 81.7 Å². The van der Waals surface area contributed by atoms with E-state index in [9.17, 15) is 33.9 Å². The van der Waals surface area contributed by atoms with Crippen molar-refractivity contribution in [2.45, 2.75) is 70.0 Å². The highest BCUT2D eigenvalue weighted by Crippen LogP contribution is 2.24. The second kappa shape index (κ2) is 18.3. The third-order valence-corrected chi connectivity index (χ3v) is 9.38. The van der Waals surface area contributed by atoms with Gasteiger partial charge in [-0.2, -0.15) is 5.10 Å². The van der Waals surface area contributed by atoms with E-state index in [1.54, 1.807) is 30.3 Å². The van der Waals surface area contributed by atoms with Crippen molar-refractivity contribution in [3.63, 3.8) is 0 Å². The predicted octanol–water partition coefficient (Wildman–Crippen LogP) is 1.19. The van der Waals surface area contributed by atoms with Gasteiger partial charge in [0.05, 0.1) is 12.3 Å². The van der Waals surface area contributed by atoms with Crippen LogP contribution in [0, 0.1) is 0 Å². The van der Waals surface area contributed by atoms with E-state index in [2.05, 4.69) is 15.7 Å². The number of ether oxygens (including phenoxy) is 3. The highest BCUT2D eigenvalue weighted by molar-refractivity contribution is 5.96. The highest BCUT2D eigenvalue weighted by Gasteiger charge is 2.36. The third kappa shape index (κ3) is 9.98. The maximum Gasteiger partial charge on any atom is 0.407 e. The molecule has 2 saturated heterocycles. The van der Waals surface area contributed by atoms with Crippen LogP contribution in [0.25, 0.3) is 5.69 Å². The smallest absolute Gasteiger partial charge is 0.407 e. The molecule has 3 N–H and O–H groups in total. The molecule has 3 aliphatic rings. The number of hydrogen-bond donors (Lipinski definition) is 3. The molecule has 1 aromatic heterocycles. The molecule has 17 heteroatoms. The highest BCUT2D eigenvalue weighted by atomic mass is 16.6. The Bertz CT molecular complexity index is 1570. The Morgan fingerprint density at radius 1 is 0.942 bits per heavy atom. The fraction of sp³-hybridized carbons (Fsp3) is 0.571. The number of carbonyl (C=O) groups excluding carboxylic acids is 5. The van der Waals surface area contributed by atoms with Crippen LogP contribution in [0.3, 0.4) is 0 Å². The summed E-state index contributed by atoms with van der Waals surface area (Å²) in [5, 5.41) is 19.5. The summed E-state index contributed by atoms with van der Waals surface area (Å²) in [6.45, 7) is 3.02. The predicted molar refractivity (Wildman–Crippen MR) is 184 cm³/mol. The number of aromatic nitrogens is 2. The van der Waals surface area contributed by atoms with Crippen molar-refractivity contribution in [3.05, 3.63) is 42.1 Å². The first kappa shape index (κ1) is 38.1. The average Bonchev–Trinajstić information content (AvgIpc) is 3.81. The van der Waals surface area contributed by atoms with Gasteiger partial charge < -0.3 is 44.7 Å². The number of benzene rings is 1. The summed E-state index contributed by atoms with van der Waals surface area (Å²) in [6, 6.07) is 8.62. The molecule has 1 aliphatic carbocycles. The van der Waals surface area contributed by atoms with E-state index in [0.29, 0.717) is 31.7 Å². The second-order valence-electron chi connectivity index (χ2n) is 12.9. The number of para-hydroxylation sites is 1. The minimum atomic E-state index is -1.16. The summed E-state index contributed by atoms with van der Waals surface area (Å²) in [7, 11) is 0. The minimum Gasteiger partial charge on any atom is -0.467 e. The molecule has 52 heavy (non-hydrogen) atoms. The Hall–Kier alpha value is -5.19. The molecule has 2 atom stereocenters. The summed E-state index contributed by atoms with van der Waals surface area (Å²) in [4.78, 5) is 81.6. The Morgan fingerprint density at radius 2 is 1.67 bits per heavy atom. The minimum absolute atomic E-state index is 0.0447. The van der Waals surface area contributed by atoms with Crippen molar-refractivity contribution in [1.82, 2.24) is 35.1 Å². The lowest BCUT2D eigenvalue weighted by atomic mass is 9.93. The van der Waals surface area contributed by atoms with Crippen molar-refractivity contribution >= 4 is 35.7 Å². The van der Waals surface area contributed by atoms with Gasteiger partial charge >= 0.3 is 12.1 Å². The van der Waals surface area contributed by atoms with Crippen LogP contribution in [0.2, 0.25) is 0 Å². The number of carbonyl (C=O) groups is 6. The zero-order chi connectivity index (χ0) is 37.0. The van der Waals surface area contributed by atoms with Gasteiger partial charge in [0, 0.05) is 57.9 Å². The van der Waals surface area contributed by atoms with Gasteiger partial charge in [-0.05, 0) is 57.6 Å². The fourth-order valence-corrected chi connectivity index (χ4v) is 6.26. The molecule has 1 aromatic carbocycles. The molecule has 5 rings (SSSR count). The van der Waals surface area contributed by atoms with Gasteiger partial charge in [-0.15, -0.1) is 0 Å². The molecule has 2 unspecified atom stereocenters. The molecular formula is C35H47N7O10. The first-order valence-corrected chi connectivity index (χ1v) is 17.8. The van der Waals surface area contributed by atoms with Gasteiger partial charge in [-0.3, -0.25) is 24.0 Å². The molecule has 17 nitrogen and oxygen atoms in total. The van der Waals surface area contributed by atoms with Crippen molar-refractivity contribution < 1.29 is 48.1 Å². The summed E-state index contributed by atoms with van der Waals surface area (Å²) in [6.07, 6.45) is 2.87. The molecule has 282 valence electrons. The molecule has 3 fully saturated rings. The lowest BCUT2D eigenvalue weighted by molar-refractivity contribution is -0.145. The first-order valence-electron chi connectivity index (χ1n) is 17.8. The maximum atomic E-state index is 13.7. The van der Waals surface area contributed by atoms with Crippen LogP contribution in [0.4, 0.5) is 4.79 Å². The monoisotopic (exact) mass is 725 g/mol. The second-order valence-corrected chi connectivity index (χ2v) is 12.9. The molecule has 2 aromatic rings. The zero-order valence-electron chi connectivity index (χ0n) is 29.4. The van der Waals surface area contributed by atoms with Crippen LogP contribution in [-0.4, -0.2) is 143 Å². The molecule has 2 aliphatic heterocycles. The van der Waals surface area contributed by atoms with E-state index in [0.717, 1.165) is 19.3 Å². The SMILES string of the molecule is CCOCCOC(=O)CCC(NC(=O)c1cc(OCC(=O)N2CCCC2C(=O)NC2CCC2)n(-c2ccccc2)n1)C(=O)N1CCN(C(=O)O)CC1. The Morgan fingerprint density at radius 3 is 2.35 bits per heavy atom. The number of piperazine rings is 1. The van der Waals surface area contributed by atoms with Crippen LogP contribution in [0.5, 0.6) is 5.88 Å². The van der Waals surface area contributed by atoms with Gasteiger partial charge in [-0.1, -0.05) is 18.2 Å². The average molecular weight is 726 g/mol. The van der Waals surface area contributed by atoms with Gasteiger partial charge in [0.15, 0.2) is 12.3 Å². The number of rotatable bonds is 16. The van der Waals surface area contributed by atoms with Gasteiger partial charge in [-0.25, -0.2) is 9.48 Å². The standard InChI is InChI=1S/C35H47N7O10/c1-2-50-20-21-51-31(44)14-13-26(34(47)39-16-18-40(19-17-39)35(48)49)37-32(45)27-22-30(42(38-27)25-10-4-3-5-11-25)52-23-29(43)41-15-7-12-28(41)33(46)36-24-8-6-9-24/h3-5,10-11,22,24,26,28H,2,6-9,12-21,23H2,1H3,(H,36,46)(H,37,45)(H,48,49). The zero-order valence-corrected chi connectivity index (χ0v) is 29.4. The van der Waals surface area contributed by atoms with Crippen LogP contribution in [0.15, 0.2) is 36.4 Å². The van der Waals surface area contributed by atoms with Crippen molar-refractivity contribution in [2.75, 3.05) is 59.2 Å². The van der Waals surface area contributed by atoms with Crippen LogP contribution in [0.1, 0.15) is 62.4 Å². The number of nitrogens with zero attached hydrogens (tertiary/aromatic N) is 5. The Labute approximate surface area is 301 Å². The van der Waals surface area contributed by atoms with Crippen LogP contribution < -0.4 is 15.4 Å². The number of amides is 5. The third-order valence-electron chi connectivity index (χ3n) is 9.38.